The van der Waals surface area contributed by atoms with E-state index in [-0.39, 0.29) is 0 Å². The maximum atomic E-state index is 12.4. The summed E-state index contributed by atoms with van der Waals surface area (Å²) in [7, 11) is 1.61. The summed E-state index contributed by atoms with van der Waals surface area (Å²) in [5.74, 6) is -0.0748. The molecule has 5 heteroatoms. The van der Waals surface area contributed by atoms with Gasteiger partial charge in [0.25, 0.3) is 0 Å². The van der Waals surface area contributed by atoms with Crippen molar-refractivity contribution in [3.05, 3.63) is 65.2 Å². The van der Waals surface area contributed by atoms with Gasteiger partial charge in [-0.2, -0.15) is 0 Å². The number of rotatable bonds is 4. The molecule has 3 rings (SSSR count). The van der Waals surface area contributed by atoms with Crippen LogP contribution in [-0.2, 0) is 20.7 Å². The molecule has 2 aromatic carbocycles. The summed E-state index contributed by atoms with van der Waals surface area (Å²) in [4.78, 5) is 23.9. The zero-order chi connectivity index (χ0) is 17.8. The van der Waals surface area contributed by atoms with Gasteiger partial charge in [-0.25, -0.2) is 4.79 Å². The van der Waals surface area contributed by atoms with Crippen LogP contribution in [0.3, 0.4) is 0 Å². The van der Waals surface area contributed by atoms with Gasteiger partial charge in [-0.05, 0) is 48.2 Å². The van der Waals surface area contributed by atoms with Gasteiger partial charge >= 0.3 is 11.9 Å². The van der Waals surface area contributed by atoms with Crippen molar-refractivity contribution < 1.29 is 23.8 Å². The number of esters is 2. The van der Waals surface area contributed by atoms with Crippen LogP contribution in [0.5, 0.6) is 5.75 Å². The lowest BCUT2D eigenvalue weighted by atomic mass is 9.87. The maximum absolute atomic E-state index is 12.4. The SMILES string of the molecule is COc1ccc2c(c1)CCC(OC(=O)c1ccccc1)C2OC(C)=O. The molecule has 0 saturated heterocycles. The first kappa shape index (κ1) is 17.0. The summed E-state index contributed by atoms with van der Waals surface area (Å²) < 4.78 is 16.4. The predicted octanol–water partition coefficient (Wildman–Crippen LogP) is 3.47. The summed E-state index contributed by atoms with van der Waals surface area (Å²) in [5, 5.41) is 0. The molecule has 0 bridgehead atoms. The van der Waals surface area contributed by atoms with Crippen LogP contribution in [0.25, 0.3) is 0 Å². The van der Waals surface area contributed by atoms with Gasteiger partial charge < -0.3 is 14.2 Å². The molecule has 5 nitrogen and oxygen atoms in total. The Bertz CT molecular complexity index is 769. The van der Waals surface area contributed by atoms with Crippen molar-refractivity contribution in [1.29, 1.82) is 0 Å². The lowest BCUT2D eigenvalue weighted by Gasteiger charge is -2.32. The molecule has 2 atom stereocenters. The molecule has 0 aromatic heterocycles. The molecular formula is C20H20O5. The fourth-order valence-corrected chi connectivity index (χ4v) is 3.07. The van der Waals surface area contributed by atoms with Crippen molar-refractivity contribution in [2.24, 2.45) is 0 Å². The van der Waals surface area contributed by atoms with Gasteiger partial charge in [0.1, 0.15) is 11.9 Å². The van der Waals surface area contributed by atoms with Gasteiger partial charge in [0.05, 0.1) is 12.7 Å². The standard InChI is InChI=1S/C20H20O5/c1-13(21)24-19-17-10-9-16(23-2)12-15(17)8-11-18(19)25-20(22)14-6-4-3-5-7-14/h3-7,9-10,12,18-19H,8,11H2,1-2H3. The molecule has 2 unspecified atom stereocenters. The van der Waals surface area contributed by atoms with Crippen molar-refractivity contribution in [1.82, 2.24) is 0 Å². The van der Waals surface area contributed by atoms with Gasteiger partial charge in [0, 0.05) is 6.92 Å². The van der Waals surface area contributed by atoms with Gasteiger partial charge in [0.2, 0.25) is 0 Å². The number of carbonyl (C=O) groups is 2. The Hall–Kier alpha value is -2.82. The second-order valence-corrected chi connectivity index (χ2v) is 5.94. The minimum Gasteiger partial charge on any atom is -0.497 e. The summed E-state index contributed by atoms with van der Waals surface area (Å²) in [6.45, 7) is 1.36. The van der Waals surface area contributed by atoms with Gasteiger partial charge in [-0.15, -0.1) is 0 Å². The molecule has 0 aliphatic heterocycles. The highest BCUT2D eigenvalue weighted by Gasteiger charge is 2.35. The molecule has 0 spiro atoms. The van der Waals surface area contributed by atoms with Crippen molar-refractivity contribution in [3.63, 3.8) is 0 Å². The minimum absolute atomic E-state index is 0.408. The van der Waals surface area contributed by atoms with Crippen LogP contribution in [0.1, 0.15) is 40.9 Å². The van der Waals surface area contributed by atoms with Gasteiger partial charge in [0.15, 0.2) is 6.10 Å². The van der Waals surface area contributed by atoms with Crippen molar-refractivity contribution >= 4 is 11.9 Å². The number of ether oxygens (including phenoxy) is 3. The molecule has 0 amide bonds. The fourth-order valence-electron chi connectivity index (χ4n) is 3.07. The van der Waals surface area contributed by atoms with E-state index < -0.39 is 24.1 Å². The first-order valence-corrected chi connectivity index (χ1v) is 8.18. The van der Waals surface area contributed by atoms with Crippen LogP contribution in [0.2, 0.25) is 0 Å². The lowest BCUT2D eigenvalue weighted by molar-refractivity contribution is -0.154. The molecular weight excluding hydrogens is 320 g/mol. The van der Waals surface area contributed by atoms with E-state index in [1.807, 2.05) is 24.3 Å². The highest BCUT2D eigenvalue weighted by atomic mass is 16.6. The fraction of sp³-hybridized carbons (Fsp3) is 0.300. The van der Waals surface area contributed by atoms with Crippen LogP contribution in [0, 0.1) is 0 Å². The van der Waals surface area contributed by atoms with Crippen molar-refractivity contribution in [2.75, 3.05) is 7.11 Å². The summed E-state index contributed by atoms with van der Waals surface area (Å²) in [5.41, 5.74) is 2.37. The molecule has 0 fully saturated rings. The van der Waals surface area contributed by atoms with Crippen molar-refractivity contribution in [2.45, 2.75) is 32.0 Å². The lowest BCUT2D eigenvalue weighted by Crippen LogP contribution is -2.33. The second kappa shape index (κ2) is 7.38. The normalized spacial score (nSPS) is 18.8. The number of hydrogen-bond donors (Lipinski definition) is 0. The summed E-state index contributed by atoms with van der Waals surface area (Å²) in [6, 6.07) is 14.4. The molecule has 2 aromatic rings. The van der Waals surface area contributed by atoms with E-state index in [0.29, 0.717) is 12.0 Å². The molecule has 0 N–H and O–H groups in total. The highest BCUT2D eigenvalue weighted by molar-refractivity contribution is 5.89. The van der Waals surface area contributed by atoms with E-state index >= 15 is 0 Å². The van der Waals surface area contributed by atoms with Crippen LogP contribution < -0.4 is 4.74 Å². The zero-order valence-electron chi connectivity index (χ0n) is 14.2. The average molecular weight is 340 g/mol. The predicted molar refractivity (Wildman–Crippen MR) is 91.5 cm³/mol. The van der Waals surface area contributed by atoms with E-state index in [1.54, 1.807) is 31.4 Å². The molecule has 130 valence electrons. The monoisotopic (exact) mass is 340 g/mol. The highest BCUT2D eigenvalue weighted by Crippen LogP contribution is 2.37. The van der Waals surface area contributed by atoms with E-state index in [0.717, 1.165) is 23.3 Å². The van der Waals surface area contributed by atoms with E-state index in [2.05, 4.69) is 0 Å². The zero-order valence-corrected chi connectivity index (χ0v) is 14.2. The molecule has 0 radical (unpaired) electrons. The Morgan fingerprint density at radius 1 is 1.04 bits per heavy atom. The van der Waals surface area contributed by atoms with E-state index in [9.17, 15) is 9.59 Å². The third-order valence-corrected chi connectivity index (χ3v) is 4.25. The Morgan fingerprint density at radius 3 is 2.48 bits per heavy atom. The smallest absolute Gasteiger partial charge is 0.338 e. The van der Waals surface area contributed by atoms with E-state index in [4.69, 9.17) is 14.2 Å². The van der Waals surface area contributed by atoms with Crippen molar-refractivity contribution in [3.8, 4) is 5.75 Å². The quantitative estimate of drug-likeness (QED) is 0.798. The largest absolute Gasteiger partial charge is 0.497 e. The Balaban J connectivity index is 1.85. The number of hydrogen-bond acceptors (Lipinski definition) is 5. The third kappa shape index (κ3) is 3.82. The van der Waals surface area contributed by atoms with Crippen LogP contribution >= 0.6 is 0 Å². The molecule has 1 aliphatic carbocycles. The first-order chi connectivity index (χ1) is 12.1. The first-order valence-electron chi connectivity index (χ1n) is 8.18. The Morgan fingerprint density at radius 2 is 1.80 bits per heavy atom. The van der Waals surface area contributed by atoms with Crippen LogP contribution in [-0.4, -0.2) is 25.2 Å². The molecule has 0 saturated carbocycles. The minimum atomic E-state index is -0.611. The molecule has 1 aliphatic rings. The molecule has 25 heavy (non-hydrogen) atoms. The van der Waals surface area contributed by atoms with Crippen LogP contribution in [0.15, 0.2) is 48.5 Å². The number of benzene rings is 2. The Kier molecular flexibility index (Phi) is 5.03. The molecule has 0 heterocycles. The Labute approximate surface area is 146 Å². The number of methoxy groups -OCH3 is 1. The number of aryl methyl sites for hydroxylation is 1. The van der Waals surface area contributed by atoms with Crippen LogP contribution in [0.4, 0.5) is 0 Å². The number of carbonyl (C=O) groups excluding carboxylic acids is 2. The average Bonchev–Trinajstić information content (AvgIpc) is 2.63. The topological polar surface area (TPSA) is 61.8 Å². The number of fused-ring (bicyclic) bond motifs is 1. The summed E-state index contributed by atoms with van der Waals surface area (Å²) in [6.07, 6.45) is 0.172. The van der Waals surface area contributed by atoms with Gasteiger partial charge in [-0.1, -0.05) is 24.3 Å². The third-order valence-electron chi connectivity index (χ3n) is 4.25. The maximum Gasteiger partial charge on any atom is 0.338 e. The summed E-state index contributed by atoms with van der Waals surface area (Å²) >= 11 is 0. The van der Waals surface area contributed by atoms with E-state index in [1.165, 1.54) is 6.92 Å². The van der Waals surface area contributed by atoms with Gasteiger partial charge in [-0.3, -0.25) is 4.79 Å². The second-order valence-electron chi connectivity index (χ2n) is 5.94.